The van der Waals surface area contributed by atoms with Gasteiger partial charge < -0.3 is 10.1 Å². The molecule has 0 saturated heterocycles. The first kappa shape index (κ1) is 14.3. The maximum Gasteiger partial charge on any atom is 0.190 e. The van der Waals surface area contributed by atoms with Crippen LogP contribution in [0, 0.1) is 11.6 Å². The van der Waals surface area contributed by atoms with Crippen LogP contribution in [0.3, 0.4) is 0 Å². The molecule has 0 bridgehead atoms. The van der Waals surface area contributed by atoms with Gasteiger partial charge in [0, 0.05) is 12.3 Å². The number of thioether (sulfide) groups is 1. The molecule has 0 aliphatic carbocycles. The molecule has 0 heterocycles. The van der Waals surface area contributed by atoms with Gasteiger partial charge in [-0.15, -0.1) is 0 Å². The first-order valence-corrected chi connectivity index (χ1v) is 6.88. The molecule has 96 valence electrons. The Labute approximate surface area is 105 Å². The zero-order valence-corrected chi connectivity index (χ0v) is 10.9. The first-order chi connectivity index (χ1) is 8.19. The summed E-state index contributed by atoms with van der Waals surface area (Å²) in [5.74, 6) is -0.852. The summed E-state index contributed by atoms with van der Waals surface area (Å²) in [6.45, 7) is 3.46. The largest absolute Gasteiger partial charge is 0.487 e. The van der Waals surface area contributed by atoms with Crippen molar-refractivity contribution in [3.8, 4) is 5.75 Å². The quantitative estimate of drug-likeness (QED) is 0.763. The zero-order chi connectivity index (χ0) is 12.7. The SMILES string of the molecule is CCNCc1cc(F)c(OCCSC)c(F)c1. The van der Waals surface area contributed by atoms with Crippen LogP contribution in [0.4, 0.5) is 8.78 Å². The molecule has 0 radical (unpaired) electrons. The smallest absolute Gasteiger partial charge is 0.190 e. The number of hydrogen-bond acceptors (Lipinski definition) is 3. The molecule has 17 heavy (non-hydrogen) atoms. The molecule has 1 N–H and O–H groups in total. The van der Waals surface area contributed by atoms with Crippen molar-refractivity contribution in [2.45, 2.75) is 13.5 Å². The number of halogens is 2. The van der Waals surface area contributed by atoms with Crippen molar-refractivity contribution in [1.82, 2.24) is 5.32 Å². The van der Waals surface area contributed by atoms with Gasteiger partial charge in [-0.25, -0.2) is 8.78 Å². The molecule has 1 rings (SSSR count). The van der Waals surface area contributed by atoms with Crippen LogP contribution < -0.4 is 10.1 Å². The third kappa shape index (κ3) is 4.52. The van der Waals surface area contributed by atoms with E-state index in [-0.39, 0.29) is 5.75 Å². The lowest BCUT2D eigenvalue weighted by Gasteiger charge is -2.10. The van der Waals surface area contributed by atoms with Crippen molar-refractivity contribution in [3.63, 3.8) is 0 Å². The van der Waals surface area contributed by atoms with Gasteiger partial charge in [0.15, 0.2) is 17.4 Å². The summed E-state index contributed by atoms with van der Waals surface area (Å²) < 4.78 is 32.2. The monoisotopic (exact) mass is 261 g/mol. The van der Waals surface area contributed by atoms with Crippen molar-refractivity contribution in [1.29, 1.82) is 0 Å². The van der Waals surface area contributed by atoms with Crippen molar-refractivity contribution >= 4 is 11.8 Å². The topological polar surface area (TPSA) is 21.3 Å². The third-order valence-corrected chi connectivity index (χ3v) is 2.75. The lowest BCUT2D eigenvalue weighted by molar-refractivity contribution is 0.305. The minimum atomic E-state index is -0.640. The molecule has 5 heteroatoms. The normalized spacial score (nSPS) is 10.6. The number of hydrogen-bond donors (Lipinski definition) is 1. The Bertz CT molecular complexity index is 337. The van der Waals surface area contributed by atoms with Crippen LogP contribution >= 0.6 is 11.8 Å². The van der Waals surface area contributed by atoms with Gasteiger partial charge >= 0.3 is 0 Å². The van der Waals surface area contributed by atoms with E-state index < -0.39 is 11.6 Å². The van der Waals surface area contributed by atoms with E-state index >= 15 is 0 Å². The first-order valence-electron chi connectivity index (χ1n) is 5.49. The molecule has 0 unspecified atom stereocenters. The van der Waals surface area contributed by atoms with Gasteiger partial charge in [-0.05, 0) is 30.5 Å². The maximum absolute atomic E-state index is 13.6. The lowest BCUT2D eigenvalue weighted by Crippen LogP contribution is -2.12. The number of rotatable bonds is 7. The molecule has 0 spiro atoms. The highest BCUT2D eigenvalue weighted by molar-refractivity contribution is 7.98. The van der Waals surface area contributed by atoms with Gasteiger partial charge in [-0.2, -0.15) is 11.8 Å². The van der Waals surface area contributed by atoms with Gasteiger partial charge in [-0.1, -0.05) is 6.92 Å². The van der Waals surface area contributed by atoms with E-state index in [1.807, 2.05) is 13.2 Å². The highest BCUT2D eigenvalue weighted by Crippen LogP contribution is 2.23. The number of ether oxygens (including phenoxy) is 1. The van der Waals surface area contributed by atoms with E-state index in [0.717, 1.165) is 6.54 Å². The van der Waals surface area contributed by atoms with Crippen LogP contribution in [0.15, 0.2) is 12.1 Å². The van der Waals surface area contributed by atoms with Crippen LogP contribution in [0.2, 0.25) is 0 Å². The second kappa shape index (κ2) is 7.50. The fourth-order valence-electron chi connectivity index (χ4n) is 1.35. The summed E-state index contributed by atoms with van der Waals surface area (Å²) in [5.41, 5.74) is 0.582. The summed E-state index contributed by atoms with van der Waals surface area (Å²) in [5, 5.41) is 3.01. The Morgan fingerprint density at radius 2 is 1.94 bits per heavy atom. The van der Waals surface area contributed by atoms with Gasteiger partial charge in [0.25, 0.3) is 0 Å². The molecule has 0 fully saturated rings. The highest BCUT2D eigenvalue weighted by atomic mass is 32.2. The minimum absolute atomic E-state index is 0.278. The third-order valence-electron chi connectivity index (χ3n) is 2.17. The molecule has 0 saturated carbocycles. The van der Waals surface area contributed by atoms with Crippen LogP contribution in [-0.2, 0) is 6.54 Å². The molecule has 2 nitrogen and oxygen atoms in total. The summed E-state index contributed by atoms with van der Waals surface area (Å²) in [6, 6.07) is 2.61. The average Bonchev–Trinajstić information content (AvgIpc) is 2.30. The van der Waals surface area contributed by atoms with Crippen molar-refractivity contribution in [3.05, 3.63) is 29.3 Å². The fraction of sp³-hybridized carbons (Fsp3) is 0.500. The van der Waals surface area contributed by atoms with Crippen LogP contribution in [0.25, 0.3) is 0 Å². The Kier molecular flexibility index (Phi) is 6.29. The molecular formula is C12H17F2NOS. The molecule has 0 atom stereocenters. The van der Waals surface area contributed by atoms with Gasteiger partial charge in [-0.3, -0.25) is 0 Å². The van der Waals surface area contributed by atoms with Gasteiger partial charge in [0.05, 0.1) is 6.61 Å². The van der Waals surface area contributed by atoms with E-state index in [0.29, 0.717) is 24.5 Å². The highest BCUT2D eigenvalue weighted by Gasteiger charge is 2.12. The minimum Gasteiger partial charge on any atom is -0.487 e. The molecule has 0 aromatic heterocycles. The van der Waals surface area contributed by atoms with Crippen LogP contribution in [0.5, 0.6) is 5.75 Å². The second-order valence-electron chi connectivity index (χ2n) is 3.51. The molecule has 1 aromatic rings. The molecular weight excluding hydrogens is 244 g/mol. The molecule has 0 amide bonds. The van der Waals surface area contributed by atoms with E-state index in [9.17, 15) is 8.78 Å². The van der Waals surface area contributed by atoms with Crippen LogP contribution in [0.1, 0.15) is 12.5 Å². The van der Waals surface area contributed by atoms with Gasteiger partial charge in [0.1, 0.15) is 0 Å². The summed E-state index contributed by atoms with van der Waals surface area (Å²) in [4.78, 5) is 0. The zero-order valence-electron chi connectivity index (χ0n) is 10.1. The van der Waals surface area contributed by atoms with E-state index in [2.05, 4.69) is 5.32 Å². The fourth-order valence-corrected chi connectivity index (χ4v) is 1.60. The lowest BCUT2D eigenvalue weighted by atomic mass is 10.2. The molecule has 1 aromatic carbocycles. The van der Waals surface area contributed by atoms with Crippen molar-refractivity contribution in [2.75, 3.05) is 25.2 Å². The molecule has 0 aliphatic heterocycles. The van der Waals surface area contributed by atoms with E-state index in [1.54, 1.807) is 11.8 Å². The Hall–Kier alpha value is -0.810. The Morgan fingerprint density at radius 3 is 2.47 bits per heavy atom. The van der Waals surface area contributed by atoms with Crippen molar-refractivity contribution < 1.29 is 13.5 Å². The van der Waals surface area contributed by atoms with Crippen molar-refractivity contribution in [2.24, 2.45) is 0 Å². The van der Waals surface area contributed by atoms with Gasteiger partial charge in [0.2, 0.25) is 0 Å². The number of nitrogens with one attached hydrogen (secondary N) is 1. The Balaban J connectivity index is 2.72. The van der Waals surface area contributed by atoms with Crippen LogP contribution in [-0.4, -0.2) is 25.2 Å². The summed E-state index contributed by atoms with van der Waals surface area (Å²) >= 11 is 1.57. The van der Waals surface area contributed by atoms with E-state index in [1.165, 1.54) is 12.1 Å². The molecule has 0 aliphatic rings. The standard InChI is InChI=1S/C12H17F2NOS/c1-3-15-8-9-6-10(13)12(11(14)7-9)16-4-5-17-2/h6-7,15H,3-5,8H2,1-2H3. The average molecular weight is 261 g/mol. The summed E-state index contributed by atoms with van der Waals surface area (Å²) in [7, 11) is 0. The van der Waals surface area contributed by atoms with E-state index in [4.69, 9.17) is 4.74 Å². The predicted octanol–water partition coefficient (Wildman–Crippen LogP) is 2.82. The maximum atomic E-state index is 13.6. The number of benzene rings is 1. The predicted molar refractivity (Wildman–Crippen MR) is 67.6 cm³/mol. The summed E-state index contributed by atoms with van der Waals surface area (Å²) in [6.07, 6.45) is 1.91. The Morgan fingerprint density at radius 1 is 1.29 bits per heavy atom. The second-order valence-corrected chi connectivity index (χ2v) is 4.50.